The highest BCUT2D eigenvalue weighted by Crippen LogP contribution is 2.38. The molecular formula is C24H29F6N3O6. The van der Waals surface area contributed by atoms with Crippen molar-refractivity contribution in [2.24, 2.45) is 0 Å². The fraction of sp³-hybridized carbons (Fsp3) is 0.542. The van der Waals surface area contributed by atoms with Gasteiger partial charge in [0.25, 0.3) is 0 Å². The Morgan fingerprint density at radius 2 is 1.67 bits per heavy atom. The number of piperidine rings is 1. The molecule has 1 atom stereocenters. The van der Waals surface area contributed by atoms with E-state index in [1.54, 1.807) is 6.26 Å². The van der Waals surface area contributed by atoms with Gasteiger partial charge in [0.15, 0.2) is 0 Å². The average Bonchev–Trinajstić information content (AvgIpc) is 3.51. The number of carbonyl (C=O) groups is 2. The van der Waals surface area contributed by atoms with Crippen LogP contribution in [-0.4, -0.2) is 87.7 Å². The normalized spacial score (nSPS) is 19.1. The fourth-order valence-corrected chi connectivity index (χ4v) is 4.09. The Morgan fingerprint density at radius 1 is 1.08 bits per heavy atom. The van der Waals surface area contributed by atoms with Gasteiger partial charge in [-0.3, -0.25) is 14.8 Å². The minimum absolute atomic E-state index is 0.0793. The molecule has 2 aliphatic rings. The number of carboxylic acids is 2. The molecule has 4 rings (SSSR count). The number of rotatable bonds is 5. The summed E-state index contributed by atoms with van der Waals surface area (Å²) in [5, 5.41) is 14.2. The molecule has 0 amide bonds. The Bertz CT molecular complexity index is 1000. The van der Waals surface area contributed by atoms with E-state index in [0.29, 0.717) is 6.04 Å². The molecule has 0 radical (unpaired) electrons. The summed E-state index contributed by atoms with van der Waals surface area (Å²) in [6.07, 6.45) is -1.32. The molecule has 0 aliphatic carbocycles. The van der Waals surface area contributed by atoms with Crippen molar-refractivity contribution in [3.63, 3.8) is 0 Å². The first kappa shape index (κ1) is 32.0. The van der Waals surface area contributed by atoms with Gasteiger partial charge in [-0.05, 0) is 44.5 Å². The fourth-order valence-electron chi connectivity index (χ4n) is 4.09. The number of nitrogens with zero attached hydrogens (tertiary/aromatic N) is 3. The van der Waals surface area contributed by atoms with Crippen LogP contribution in [-0.2, 0) is 27.4 Å². The SMILES string of the molecule is CN(Cc1ccccn1)C1COC2(CCN(Cc3ccoc3)CC2)C1.O=C(O)C(F)(F)F.O=C(O)C(F)(F)F. The molecule has 15 heteroatoms. The van der Waals surface area contributed by atoms with Gasteiger partial charge in [0.2, 0.25) is 0 Å². The average molecular weight is 569 g/mol. The highest BCUT2D eigenvalue weighted by molar-refractivity contribution is 5.73. The van der Waals surface area contributed by atoms with Crippen LogP contribution in [0.3, 0.4) is 0 Å². The third-order valence-corrected chi connectivity index (χ3v) is 6.19. The lowest BCUT2D eigenvalue weighted by Crippen LogP contribution is -2.44. The van der Waals surface area contributed by atoms with Gasteiger partial charge in [-0.1, -0.05) is 6.07 Å². The number of pyridine rings is 1. The van der Waals surface area contributed by atoms with Crippen LogP contribution in [0.4, 0.5) is 26.3 Å². The molecular weight excluding hydrogens is 540 g/mol. The summed E-state index contributed by atoms with van der Waals surface area (Å²) in [6, 6.07) is 8.66. The lowest BCUT2D eigenvalue weighted by Gasteiger charge is -2.38. The van der Waals surface area contributed by atoms with Gasteiger partial charge in [-0.15, -0.1) is 0 Å². The zero-order valence-electron chi connectivity index (χ0n) is 20.9. The van der Waals surface area contributed by atoms with Gasteiger partial charge in [0.1, 0.15) is 0 Å². The minimum atomic E-state index is -5.08. The molecule has 1 spiro atoms. The van der Waals surface area contributed by atoms with E-state index in [0.717, 1.165) is 57.7 Å². The summed E-state index contributed by atoms with van der Waals surface area (Å²) in [6.45, 7) is 4.90. The molecule has 0 saturated carbocycles. The van der Waals surface area contributed by atoms with E-state index in [9.17, 15) is 26.3 Å². The second-order valence-electron chi connectivity index (χ2n) is 9.10. The summed E-state index contributed by atoms with van der Waals surface area (Å²) in [7, 11) is 2.19. The van der Waals surface area contributed by atoms with Crippen LogP contribution in [0, 0.1) is 0 Å². The predicted octanol–water partition coefficient (Wildman–Crippen LogP) is 4.20. The van der Waals surface area contributed by atoms with Crippen LogP contribution in [0.25, 0.3) is 0 Å². The Hall–Kier alpha value is -3.17. The van der Waals surface area contributed by atoms with Crippen LogP contribution in [0.1, 0.15) is 30.5 Å². The Kier molecular flexibility index (Phi) is 11.3. The highest BCUT2D eigenvalue weighted by Gasteiger charge is 2.44. The Labute approximate surface area is 220 Å². The maximum Gasteiger partial charge on any atom is 0.490 e. The minimum Gasteiger partial charge on any atom is -0.475 e. The van der Waals surface area contributed by atoms with Crippen molar-refractivity contribution < 1.29 is 55.3 Å². The molecule has 2 N–H and O–H groups in total. The van der Waals surface area contributed by atoms with Gasteiger partial charge >= 0.3 is 24.3 Å². The lowest BCUT2D eigenvalue weighted by atomic mass is 9.87. The van der Waals surface area contributed by atoms with Crippen molar-refractivity contribution in [2.45, 2.75) is 56.3 Å². The molecule has 4 heterocycles. The maximum atomic E-state index is 10.6. The number of aliphatic carboxylic acids is 2. The van der Waals surface area contributed by atoms with Crippen molar-refractivity contribution in [3.05, 3.63) is 54.2 Å². The molecule has 2 saturated heterocycles. The van der Waals surface area contributed by atoms with E-state index in [2.05, 4.69) is 40.0 Å². The first-order chi connectivity index (χ1) is 18.1. The lowest BCUT2D eigenvalue weighted by molar-refractivity contribution is -0.193. The molecule has 218 valence electrons. The number of likely N-dealkylation sites (N-methyl/N-ethyl adjacent to an activating group) is 1. The summed E-state index contributed by atoms with van der Waals surface area (Å²) in [5.74, 6) is -5.51. The van der Waals surface area contributed by atoms with Crippen LogP contribution in [0.2, 0.25) is 0 Å². The molecule has 2 fully saturated rings. The third kappa shape index (κ3) is 10.8. The van der Waals surface area contributed by atoms with E-state index in [1.165, 1.54) is 5.56 Å². The number of hydrogen-bond acceptors (Lipinski definition) is 7. The number of carboxylic acid groups (broad SMARTS) is 2. The van der Waals surface area contributed by atoms with Gasteiger partial charge in [0.05, 0.1) is 30.4 Å². The van der Waals surface area contributed by atoms with Crippen molar-refractivity contribution in [1.82, 2.24) is 14.8 Å². The summed E-state index contributed by atoms with van der Waals surface area (Å²) >= 11 is 0. The summed E-state index contributed by atoms with van der Waals surface area (Å²) in [5.41, 5.74) is 2.47. The van der Waals surface area contributed by atoms with Crippen molar-refractivity contribution in [3.8, 4) is 0 Å². The second kappa shape index (κ2) is 13.8. The number of alkyl halides is 6. The van der Waals surface area contributed by atoms with Crippen molar-refractivity contribution in [2.75, 3.05) is 26.7 Å². The number of halogens is 6. The molecule has 1 unspecified atom stereocenters. The zero-order valence-corrected chi connectivity index (χ0v) is 20.9. The molecule has 39 heavy (non-hydrogen) atoms. The van der Waals surface area contributed by atoms with E-state index in [4.69, 9.17) is 29.0 Å². The molecule has 0 aromatic carbocycles. The smallest absolute Gasteiger partial charge is 0.475 e. The van der Waals surface area contributed by atoms with Gasteiger partial charge in [-0.25, -0.2) is 9.59 Å². The quantitative estimate of drug-likeness (QED) is 0.511. The van der Waals surface area contributed by atoms with Crippen LogP contribution < -0.4 is 0 Å². The maximum absolute atomic E-state index is 10.6. The number of aromatic nitrogens is 1. The van der Waals surface area contributed by atoms with Crippen molar-refractivity contribution in [1.29, 1.82) is 0 Å². The second-order valence-corrected chi connectivity index (χ2v) is 9.10. The van der Waals surface area contributed by atoms with Crippen LogP contribution >= 0.6 is 0 Å². The number of furan rings is 1. The van der Waals surface area contributed by atoms with Gasteiger partial charge in [-0.2, -0.15) is 26.3 Å². The monoisotopic (exact) mass is 569 g/mol. The predicted molar refractivity (Wildman–Crippen MR) is 123 cm³/mol. The standard InChI is InChI=1S/C20H27N3O2.2C2HF3O2/c1-22(14-18-4-2-3-8-21-18)19-12-20(25-16-19)6-9-23(10-7-20)13-17-5-11-24-15-17;2*3-2(4,5)1(6)7/h2-5,8,11,15,19H,6-7,9-10,12-14,16H2,1H3;2*(H,6,7). The van der Waals surface area contributed by atoms with E-state index in [-0.39, 0.29) is 5.60 Å². The number of likely N-dealkylation sites (tertiary alicyclic amines) is 1. The zero-order chi connectivity index (χ0) is 29.3. The van der Waals surface area contributed by atoms with Crippen molar-refractivity contribution >= 4 is 11.9 Å². The number of hydrogen-bond donors (Lipinski definition) is 2. The van der Waals surface area contributed by atoms with Crippen LogP contribution in [0.5, 0.6) is 0 Å². The summed E-state index contributed by atoms with van der Waals surface area (Å²) in [4.78, 5) is 27.1. The largest absolute Gasteiger partial charge is 0.490 e. The van der Waals surface area contributed by atoms with E-state index < -0.39 is 24.3 Å². The molecule has 2 aromatic rings. The summed E-state index contributed by atoms with van der Waals surface area (Å²) < 4.78 is 75.0. The highest BCUT2D eigenvalue weighted by atomic mass is 19.4. The Morgan fingerprint density at radius 3 is 2.13 bits per heavy atom. The molecule has 2 aliphatic heterocycles. The van der Waals surface area contributed by atoms with Gasteiger partial charge < -0.3 is 19.4 Å². The van der Waals surface area contributed by atoms with Crippen LogP contribution in [0.15, 0.2) is 47.4 Å². The molecule has 0 bridgehead atoms. The number of ether oxygens (including phenoxy) is 1. The topological polar surface area (TPSA) is 116 Å². The first-order valence-corrected chi connectivity index (χ1v) is 11.7. The Balaban J connectivity index is 0.000000317. The first-order valence-electron chi connectivity index (χ1n) is 11.7. The van der Waals surface area contributed by atoms with Gasteiger partial charge in [0, 0.05) is 44.0 Å². The van der Waals surface area contributed by atoms with E-state index >= 15 is 0 Å². The third-order valence-electron chi connectivity index (χ3n) is 6.19. The van der Waals surface area contributed by atoms with E-state index in [1.807, 2.05) is 18.5 Å². The molecule has 9 nitrogen and oxygen atoms in total. The molecule has 2 aromatic heterocycles.